The highest BCUT2D eigenvalue weighted by Gasteiger charge is 2.29. The molecule has 4 nitrogen and oxygen atoms in total. The lowest BCUT2D eigenvalue weighted by Gasteiger charge is -2.42. The van der Waals surface area contributed by atoms with Crippen molar-refractivity contribution >= 4 is 23.3 Å². The minimum atomic E-state index is -0.769. The van der Waals surface area contributed by atoms with Gasteiger partial charge in [-0.05, 0) is 31.2 Å². The average Bonchev–Trinajstić information content (AvgIpc) is 2.30. The molecule has 0 radical (unpaired) electrons. The van der Waals surface area contributed by atoms with Crippen LogP contribution in [-0.2, 0) is 4.79 Å². The number of nitrogens with zero attached hydrogens (tertiary/aromatic N) is 1. The molecule has 0 amide bonds. The summed E-state index contributed by atoms with van der Waals surface area (Å²) in [6, 6.07) is 7.81. The first-order chi connectivity index (χ1) is 8.58. The van der Waals surface area contributed by atoms with Crippen molar-refractivity contribution in [1.29, 1.82) is 0 Å². The van der Waals surface area contributed by atoms with Gasteiger partial charge >= 0.3 is 5.97 Å². The summed E-state index contributed by atoms with van der Waals surface area (Å²) in [5.74, 6) is -0.769. The zero-order valence-electron chi connectivity index (χ0n) is 10.3. The fourth-order valence-electron chi connectivity index (χ4n) is 2.47. The van der Waals surface area contributed by atoms with Crippen molar-refractivity contribution in [2.24, 2.45) is 0 Å². The SMILES string of the molecule is CC1CNCC(CC(=O)O)N1c1ccc(Cl)cc1. The summed E-state index contributed by atoms with van der Waals surface area (Å²) in [5.41, 5.74) is 1.03. The van der Waals surface area contributed by atoms with E-state index in [1.54, 1.807) is 0 Å². The topological polar surface area (TPSA) is 52.6 Å². The van der Waals surface area contributed by atoms with Gasteiger partial charge in [-0.2, -0.15) is 0 Å². The molecule has 1 aromatic rings. The van der Waals surface area contributed by atoms with Crippen LogP contribution in [0.4, 0.5) is 5.69 Å². The summed E-state index contributed by atoms with van der Waals surface area (Å²) >= 11 is 5.88. The van der Waals surface area contributed by atoms with Gasteiger partial charge in [0.25, 0.3) is 0 Å². The predicted molar refractivity (Wildman–Crippen MR) is 72.3 cm³/mol. The Morgan fingerprint density at radius 3 is 2.72 bits per heavy atom. The Balaban J connectivity index is 2.23. The molecule has 0 bridgehead atoms. The molecule has 1 aliphatic heterocycles. The summed E-state index contributed by atoms with van der Waals surface area (Å²) < 4.78 is 0. The highest BCUT2D eigenvalue weighted by molar-refractivity contribution is 6.30. The molecule has 1 aliphatic rings. The zero-order chi connectivity index (χ0) is 13.1. The van der Waals surface area contributed by atoms with Crippen LogP contribution in [0.2, 0.25) is 5.02 Å². The number of hydrogen-bond donors (Lipinski definition) is 2. The Bertz CT molecular complexity index is 422. The molecule has 2 N–H and O–H groups in total. The van der Waals surface area contributed by atoms with Gasteiger partial charge in [-0.25, -0.2) is 0 Å². The van der Waals surface area contributed by atoms with E-state index in [-0.39, 0.29) is 18.5 Å². The lowest BCUT2D eigenvalue weighted by atomic mass is 10.0. The number of hydrogen-bond acceptors (Lipinski definition) is 3. The Morgan fingerprint density at radius 2 is 2.11 bits per heavy atom. The maximum absolute atomic E-state index is 10.9. The van der Waals surface area contributed by atoms with Crippen LogP contribution in [0, 0.1) is 0 Å². The maximum atomic E-state index is 10.9. The van der Waals surface area contributed by atoms with Crippen LogP contribution in [0.1, 0.15) is 13.3 Å². The number of carboxylic acid groups (broad SMARTS) is 1. The van der Waals surface area contributed by atoms with Gasteiger partial charge in [0.2, 0.25) is 0 Å². The molecule has 0 aromatic heterocycles. The minimum Gasteiger partial charge on any atom is -0.481 e. The van der Waals surface area contributed by atoms with Gasteiger partial charge in [-0.3, -0.25) is 4.79 Å². The molecule has 2 unspecified atom stereocenters. The van der Waals surface area contributed by atoms with E-state index in [4.69, 9.17) is 16.7 Å². The van der Waals surface area contributed by atoms with Gasteiger partial charge in [-0.1, -0.05) is 11.6 Å². The number of aliphatic carboxylic acids is 1. The van der Waals surface area contributed by atoms with Crippen molar-refractivity contribution in [2.45, 2.75) is 25.4 Å². The molecule has 2 atom stereocenters. The minimum absolute atomic E-state index is 0.0209. The molecule has 1 heterocycles. The molecule has 2 rings (SSSR count). The first kappa shape index (κ1) is 13.2. The second-order valence-electron chi connectivity index (χ2n) is 4.64. The number of piperazine rings is 1. The number of carbonyl (C=O) groups is 1. The average molecular weight is 269 g/mol. The standard InChI is InChI=1S/C13H17ClN2O2/c1-9-7-15-8-12(6-13(17)18)16(9)11-4-2-10(14)3-5-11/h2-5,9,12,15H,6-8H2,1H3,(H,17,18). The largest absolute Gasteiger partial charge is 0.481 e. The molecular formula is C13H17ClN2O2. The number of carboxylic acids is 1. The monoisotopic (exact) mass is 268 g/mol. The summed E-state index contributed by atoms with van der Waals surface area (Å²) in [5, 5.41) is 12.9. The number of halogens is 1. The Labute approximate surface area is 112 Å². The quantitative estimate of drug-likeness (QED) is 0.880. The third-order valence-corrected chi connectivity index (χ3v) is 3.47. The molecule has 98 valence electrons. The van der Waals surface area contributed by atoms with Crippen molar-refractivity contribution in [2.75, 3.05) is 18.0 Å². The number of nitrogens with one attached hydrogen (secondary N) is 1. The van der Waals surface area contributed by atoms with E-state index in [1.165, 1.54) is 0 Å². The van der Waals surface area contributed by atoms with Crippen LogP contribution in [0.5, 0.6) is 0 Å². The molecule has 0 spiro atoms. The molecule has 0 saturated carbocycles. The Morgan fingerprint density at radius 1 is 1.44 bits per heavy atom. The van der Waals surface area contributed by atoms with Crippen molar-refractivity contribution < 1.29 is 9.90 Å². The summed E-state index contributed by atoms with van der Waals surface area (Å²) in [7, 11) is 0. The maximum Gasteiger partial charge on any atom is 0.305 e. The van der Waals surface area contributed by atoms with E-state index in [1.807, 2.05) is 24.3 Å². The Kier molecular flexibility index (Phi) is 4.09. The second kappa shape index (κ2) is 5.59. The van der Waals surface area contributed by atoms with Gasteiger partial charge in [0.1, 0.15) is 0 Å². The molecule has 18 heavy (non-hydrogen) atoms. The van der Waals surface area contributed by atoms with Crippen molar-refractivity contribution in [3.63, 3.8) is 0 Å². The number of anilines is 1. The number of rotatable bonds is 3. The summed E-state index contributed by atoms with van der Waals surface area (Å²) in [4.78, 5) is 13.1. The summed E-state index contributed by atoms with van der Waals surface area (Å²) in [6.07, 6.45) is 0.139. The second-order valence-corrected chi connectivity index (χ2v) is 5.08. The lowest BCUT2D eigenvalue weighted by Crippen LogP contribution is -2.57. The van der Waals surface area contributed by atoms with Crippen molar-refractivity contribution in [3.05, 3.63) is 29.3 Å². The van der Waals surface area contributed by atoms with Gasteiger partial charge < -0.3 is 15.3 Å². The van der Waals surface area contributed by atoms with Gasteiger partial charge in [0.05, 0.1) is 12.5 Å². The van der Waals surface area contributed by atoms with Crippen LogP contribution in [0.3, 0.4) is 0 Å². The Hall–Kier alpha value is -1.26. The van der Waals surface area contributed by atoms with E-state index in [2.05, 4.69) is 17.1 Å². The van der Waals surface area contributed by atoms with Crippen molar-refractivity contribution in [1.82, 2.24) is 5.32 Å². The first-order valence-electron chi connectivity index (χ1n) is 6.04. The molecular weight excluding hydrogens is 252 g/mol. The predicted octanol–water partition coefficient (Wildman–Crippen LogP) is 1.98. The van der Waals surface area contributed by atoms with Crippen LogP contribution in [0.25, 0.3) is 0 Å². The van der Waals surface area contributed by atoms with E-state index in [9.17, 15) is 4.79 Å². The molecule has 1 saturated heterocycles. The lowest BCUT2D eigenvalue weighted by molar-refractivity contribution is -0.137. The zero-order valence-corrected chi connectivity index (χ0v) is 11.0. The smallest absolute Gasteiger partial charge is 0.305 e. The molecule has 0 aliphatic carbocycles. The molecule has 1 aromatic carbocycles. The third kappa shape index (κ3) is 2.94. The van der Waals surface area contributed by atoms with E-state index in [0.717, 1.165) is 12.2 Å². The summed E-state index contributed by atoms with van der Waals surface area (Å²) in [6.45, 7) is 3.65. The van der Waals surface area contributed by atoms with Gasteiger partial charge in [0.15, 0.2) is 0 Å². The fourth-order valence-corrected chi connectivity index (χ4v) is 2.59. The normalized spacial score (nSPS) is 24.0. The van der Waals surface area contributed by atoms with Gasteiger partial charge in [-0.15, -0.1) is 0 Å². The van der Waals surface area contributed by atoms with Crippen molar-refractivity contribution in [3.8, 4) is 0 Å². The van der Waals surface area contributed by atoms with E-state index in [0.29, 0.717) is 11.6 Å². The highest BCUT2D eigenvalue weighted by Crippen LogP contribution is 2.25. The van der Waals surface area contributed by atoms with E-state index < -0.39 is 5.97 Å². The molecule has 5 heteroatoms. The highest BCUT2D eigenvalue weighted by atomic mass is 35.5. The van der Waals surface area contributed by atoms with E-state index >= 15 is 0 Å². The fraction of sp³-hybridized carbons (Fsp3) is 0.462. The van der Waals surface area contributed by atoms with Crippen LogP contribution in [-0.4, -0.2) is 36.2 Å². The van der Waals surface area contributed by atoms with Gasteiger partial charge in [0, 0.05) is 29.8 Å². The first-order valence-corrected chi connectivity index (χ1v) is 6.42. The number of benzene rings is 1. The van der Waals surface area contributed by atoms with Crippen LogP contribution in [0.15, 0.2) is 24.3 Å². The molecule has 1 fully saturated rings. The third-order valence-electron chi connectivity index (χ3n) is 3.22. The van der Waals surface area contributed by atoms with Crippen LogP contribution >= 0.6 is 11.6 Å². The van der Waals surface area contributed by atoms with Crippen LogP contribution < -0.4 is 10.2 Å².